The van der Waals surface area contributed by atoms with Crippen LogP contribution < -0.4 is 0 Å². The molecule has 0 saturated carbocycles. The van der Waals surface area contributed by atoms with E-state index in [1.807, 2.05) is 84.9 Å². The zero-order chi connectivity index (χ0) is 38.9. The molecule has 0 radical (unpaired) electrons. The summed E-state index contributed by atoms with van der Waals surface area (Å²) in [5, 5.41) is 4.75. The van der Waals surface area contributed by atoms with E-state index in [9.17, 15) is 0 Å². The third-order valence-corrected chi connectivity index (χ3v) is 11.2. The molecule has 0 bridgehead atoms. The molecule has 7 heteroatoms. The van der Waals surface area contributed by atoms with Gasteiger partial charge in [0.1, 0.15) is 5.52 Å². The molecule has 0 atom stereocenters. The Morgan fingerprint density at radius 1 is 0.373 bits per heavy atom. The summed E-state index contributed by atoms with van der Waals surface area (Å²) in [7, 11) is 0. The number of hydrogen-bond acceptors (Lipinski definition) is 5. The highest BCUT2D eigenvalue weighted by Crippen LogP contribution is 2.44. The Hall–Kier alpha value is -8.16. The Morgan fingerprint density at radius 2 is 0.898 bits per heavy atom. The number of nitrogens with zero attached hydrogens (tertiary/aromatic N) is 6. The molecule has 12 rings (SSSR count). The molecule has 0 aliphatic carbocycles. The van der Waals surface area contributed by atoms with Crippen molar-refractivity contribution in [2.24, 2.45) is 0 Å². The van der Waals surface area contributed by atoms with Gasteiger partial charge in [0.2, 0.25) is 5.89 Å². The maximum absolute atomic E-state index is 6.36. The molecular weight excluding hydrogens is 725 g/mol. The van der Waals surface area contributed by atoms with Crippen molar-refractivity contribution in [3.8, 4) is 57.0 Å². The van der Waals surface area contributed by atoms with Crippen LogP contribution in [0.5, 0.6) is 0 Å². The van der Waals surface area contributed by atoms with Crippen molar-refractivity contribution in [3.05, 3.63) is 194 Å². The number of para-hydroxylation sites is 5. The van der Waals surface area contributed by atoms with Gasteiger partial charge in [-0.05, 0) is 66.7 Å². The van der Waals surface area contributed by atoms with E-state index in [1.165, 1.54) is 16.2 Å². The molecule has 4 aromatic heterocycles. The van der Waals surface area contributed by atoms with Gasteiger partial charge in [0, 0.05) is 49.5 Å². The normalized spacial score (nSPS) is 11.7. The van der Waals surface area contributed by atoms with Crippen LogP contribution in [0.3, 0.4) is 0 Å². The van der Waals surface area contributed by atoms with Crippen LogP contribution in [0.1, 0.15) is 0 Å². The van der Waals surface area contributed by atoms with Gasteiger partial charge in [-0.25, -0.2) is 19.9 Å². The Labute approximate surface area is 338 Å². The van der Waals surface area contributed by atoms with Gasteiger partial charge >= 0.3 is 0 Å². The molecule has 0 amide bonds. The van der Waals surface area contributed by atoms with E-state index in [-0.39, 0.29) is 0 Å². The molecule has 0 spiro atoms. The lowest BCUT2D eigenvalue weighted by molar-refractivity contribution is 0.620. The first kappa shape index (κ1) is 33.0. The molecule has 0 aliphatic heterocycles. The minimum atomic E-state index is 0.525. The second kappa shape index (κ2) is 13.2. The summed E-state index contributed by atoms with van der Waals surface area (Å²) in [6, 6.07) is 66.9. The molecule has 4 heterocycles. The van der Waals surface area contributed by atoms with E-state index in [4.69, 9.17) is 24.4 Å². The minimum absolute atomic E-state index is 0.525. The summed E-state index contributed by atoms with van der Waals surface area (Å²) in [4.78, 5) is 20.4. The predicted molar refractivity (Wildman–Crippen MR) is 238 cm³/mol. The van der Waals surface area contributed by atoms with E-state index in [0.29, 0.717) is 23.4 Å². The first-order chi connectivity index (χ1) is 29.3. The molecule has 0 fully saturated rings. The van der Waals surface area contributed by atoms with Crippen molar-refractivity contribution in [1.29, 1.82) is 0 Å². The number of oxazole rings is 1. The van der Waals surface area contributed by atoms with E-state index in [2.05, 4.69) is 118 Å². The van der Waals surface area contributed by atoms with Crippen LogP contribution in [-0.4, -0.2) is 29.1 Å². The Balaban J connectivity index is 1.18. The van der Waals surface area contributed by atoms with E-state index in [0.717, 1.165) is 72.2 Å². The number of fused-ring (bicyclic) bond motifs is 8. The molecule has 0 aliphatic rings. The molecule has 0 saturated heterocycles. The van der Waals surface area contributed by atoms with Gasteiger partial charge < -0.3 is 13.6 Å². The maximum atomic E-state index is 6.36. The van der Waals surface area contributed by atoms with Gasteiger partial charge in [0.05, 0.1) is 27.8 Å². The van der Waals surface area contributed by atoms with Gasteiger partial charge in [-0.3, -0.25) is 0 Å². The van der Waals surface area contributed by atoms with Crippen LogP contribution in [0.4, 0.5) is 0 Å². The lowest BCUT2D eigenvalue weighted by Gasteiger charge is -2.16. The average Bonchev–Trinajstić information content (AvgIpc) is 4.00. The fourth-order valence-electron chi connectivity index (χ4n) is 8.60. The van der Waals surface area contributed by atoms with Crippen molar-refractivity contribution in [2.45, 2.75) is 0 Å². The van der Waals surface area contributed by atoms with Gasteiger partial charge in [-0.2, -0.15) is 0 Å². The molecule has 0 unspecified atom stereocenters. The molecule has 7 nitrogen and oxygen atoms in total. The monoisotopic (exact) mass is 756 g/mol. The zero-order valence-electron chi connectivity index (χ0n) is 31.6. The molecule has 12 aromatic rings. The smallest absolute Gasteiger partial charge is 0.227 e. The van der Waals surface area contributed by atoms with Crippen molar-refractivity contribution in [2.75, 3.05) is 0 Å². The van der Waals surface area contributed by atoms with Crippen LogP contribution in [0.2, 0.25) is 0 Å². The lowest BCUT2D eigenvalue weighted by atomic mass is 10.1. The van der Waals surface area contributed by atoms with E-state index in [1.54, 1.807) is 0 Å². The largest absolute Gasteiger partial charge is 0.436 e. The third-order valence-electron chi connectivity index (χ3n) is 11.2. The van der Waals surface area contributed by atoms with Crippen molar-refractivity contribution in [3.63, 3.8) is 0 Å². The van der Waals surface area contributed by atoms with Crippen molar-refractivity contribution >= 4 is 54.7 Å². The van der Waals surface area contributed by atoms with Gasteiger partial charge in [-0.1, -0.05) is 127 Å². The highest BCUT2D eigenvalue weighted by molar-refractivity contribution is 6.29. The summed E-state index contributed by atoms with van der Waals surface area (Å²) < 4.78 is 11.1. The number of aromatic nitrogens is 6. The summed E-state index contributed by atoms with van der Waals surface area (Å²) >= 11 is 0. The second-order valence-corrected chi connectivity index (χ2v) is 14.7. The van der Waals surface area contributed by atoms with Gasteiger partial charge in [0.15, 0.2) is 23.1 Å². The molecule has 59 heavy (non-hydrogen) atoms. The van der Waals surface area contributed by atoms with Crippen LogP contribution >= 0.6 is 0 Å². The number of hydrogen-bond donors (Lipinski definition) is 0. The first-order valence-corrected chi connectivity index (χ1v) is 19.7. The van der Waals surface area contributed by atoms with Crippen LogP contribution in [0.25, 0.3) is 112 Å². The summed E-state index contributed by atoms with van der Waals surface area (Å²) in [6.45, 7) is 0. The minimum Gasteiger partial charge on any atom is -0.436 e. The predicted octanol–water partition coefficient (Wildman–Crippen LogP) is 12.9. The summed E-state index contributed by atoms with van der Waals surface area (Å²) in [5.74, 6) is 2.24. The standard InChI is InChI=1S/C52H32N6O/c1-4-16-33(17-5-1)49-54-50(34-18-6-2-7-19-34)56-51(55-49)39-32-35(52-53-40-24-12-15-27-46(40)59-52)28-29-43(39)58-42-26-14-11-23-38(42)48-45(58)31-30-44-47(48)37-22-10-13-25-41(37)57(44)36-20-8-3-9-21-36/h1-32H. The zero-order valence-corrected chi connectivity index (χ0v) is 31.6. The quantitative estimate of drug-likeness (QED) is 0.169. The molecule has 8 aromatic carbocycles. The van der Waals surface area contributed by atoms with Gasteiger partial charge in [-0.15, -0.1) is 0 Å². The molecule has 0 N–H and O–H groups in total. The second-order valence-electron chi connectivity index (χ2n) is 14.7. The highest BCUT2D eigenvalue weighted by atomic mass is 16.3. The average molecular weight is 757 g/mol. The maximum Gasteiger partial charge on any atom is 0.227 e. The van der Waals surface area contributed by atoms with Crippen molar-refractivity contribution in [1.82, 2.24) is 29.1 Å². The SMILES string of the molecule is c1ccc(-c2nc(-c3ccccc3)nc(-c3cc(-c4nc5ccccc5o4)ccc3-n3c4ccccc4c4c5c6ccccc6n(-c6ccccc6)c5ccc43)n2)cc1. The summed E-state index contributed by atoms with van der Waals surface area (Å²) in [6.07, 6.45) is 0. The van der Waals surface area contributed by atoms with Crippen LogP contribution in [0, 0.1) is 0 Å². The number of rotatable bonds is 6. The Bertz CT molecular complexity index is 3460. The van der Waals surface area contributed by atoms with Crippen LogP contribution in [-0.2, 0) is 0 Å². The number of benzene rings is 8. The fraction of sp³-hybridized carbons (Fsp3) is 0. The van der Waals surface area contributed by atoms with Crippen molar-refractivity contribution < 1.29 is 4.42 Å². The highest BCUT2D eigenvalue weighted by Gasteiger charge is 2.24. The Morgan fingerprint density at radius 3 is 1.54 bits per heavy atom. The summed E-state index contributed by atoms with van der Waals surface area (Å²) in [5.41, 5.74) is 11.5. The fourth-order valence-corrected chi connectivity index (χ4v) is 8.60. The lowest BCUT2D eigenvalue weighted by Crippen LogP contribution is -2.04. The topological polar surface area (TPSA) is 74.6 Å². The van der Waals surface area contributed by atoms with E-state index >= 15 is 0 Å². The third kappa shape index (κ3) is 5.29. The van der Waals surface area contributed by atoms with Crippen LogP contribution in [0.15, 0.2) is 199 Å². The molecular formula is C52H32N6O. The first-order valence-electron chi connectivity index (χ1n) is 19.7. The molecule has 276 valence electrons. The van der Waals surface area contributed by atoms with Gasteiger partial charge in [0.25, 0.3) is 0 Å². The van der Waals surface area contributed by atoms with E-state index < -0.39 is 0 Å². The Kier molecular flexibility index (Phi) is 7.40.